The number of hydrogen-bond donors (Lipinski definition) is 0. The summed E-state index contributed by atoms with van der Waals surface area (Å²) in [5, 5.41) is 10.8. The highest BCUT2D eigenvalue weighted by molar-refractivity contribution is 7.17. The molecule has 0 radical (unpaired) electrons. The topological polar surface area (TPSA) is 243 Å². The molecule has 2 atom stereocenters. The third-order valence-corrected chi connectivity index (χ3v) is 16.6. The highest BCUT2D eigenvalue weighted by Crippen LogP contribution is 2.42. The molecular weight excluding hydrogens is 1170 g/mol. The van der Waals surface area contributed by atoms with E-state index in [1.165, 1.54) is 23.0 Å². The molecule has 0 saturated carbocycles. The third kappa shape index (κ3) is 15.7. The second-order valence-corrected chi connectivity index (χ2v) is 22.4. The first kappa shape index (κ1) is 65.1. The third-order valence-electron chi connectivity index (χ3n) is 15.0. The van der Waals surface area contributed by atoms with Gasteiger partial charge in [-0.25, -0.2) is 4.79 Å². The van der Waals surface area contributed by atoms with Gasteiger partial charge in [-0.15, -0.1) is 21.5 Å². The molecule has 0 fully saturated rings. The molecule has 22 nitrogen and oxygen atoms in total. The molecule has 1 aliphatic rings. The molecule has 0 aliphatic carbocycles. The average molecular weight is 1250 g/mol. The fourth-order valence-electron chi connectivity index (χ4n) is 10.6. The number of rotatable bonds is 36. The van der Waals surface area contributed by atoms with Gasteiger partial charge in [-0.05, 0) is 95.0 Å². The number of ether oxygens (including phenoxy) is 9. The van der Waals surface area contributed by atoms with Gasteiger partial charge < -0.3 is 47.0 Å². The largest absolute Gasteiger partial charge is 0.496 e. The van der Waals surface area contributed by atoms with Crippen LogP contribution in [0.4, 0.5) is 0 Å². The molecule has 0 amide bonds. The van der Waals surface area contributed by atoms with Crippen molar-refractivity contribution >= 4 is 68.1 Å². The van der Waals surface area contributed by atoms with Gasteiger partial charge in [0.25, 0.3) is 0 Å². The fourth-order valence-corrected chi connectivity index (χ4v) is 12.1. The number of furan rings is 1. The van der Waals surface area contributed by atoms with E-state index >= 15 is 0 Å². The van der Waals surface area contributed by atoms with E-state index < -0.39 is 18.1 Å². The van der Waals surface area contributed by atoms with E-state index in [1.54, 1.807) is 42.5 Å². The number of carbonyl (C=O) groups is 3. The zero-order chi connectivity index (χ0) is 62.1. The Balaban J connectivity index is 0.595. The summed E-state index contributed by atoms with van der Waals surface area (Å²) in [6, 6.07) is 15.7. The van der Waals surface area contributed by atoms with Gasteiger partial charge in [0.1, 0.15) is 28.4 Å². The van der Waals surface area contributed by atoms with Crippen LogP contribution in [0.25, 0.3) is 38.1 Å². The van der Waals surface area contributed by atoms with Crippen LogP contribution < -0.4 is 10.4 Å². The maximum atomic E-state index is 14.4. The van der Waals surface area contributed by atoms with Crippen LogP contribution in [0.3, 0.4) is 0 Å². The van der Waals surface area contributed by atoms with Crippen LogP contribution in [-0.2, 0) is 54.0 Å². The van der Waals surface area contributed by atoms with Crippen molar-refractivity contribution in [2.45, 2.75) is 85.4 Å². The summed E-state index contributed by atoms with van der Waals surface area (Å²) in [6.45, 7) is 15.0. The number of esters is 1. The number of aromatic nitrogens is 7. The number of carbonyl (C=O) groups excluding carboxylic acids is 3. The number of methoxy groups -OCH3 is 2. The Morgan fingerprint density at radius 1 is 0.750 bits per heavy atom. The van der Waals surface area contributed by atoms with Crippen molar-refractivity contribution in [3.8, 4) is 21.9 Å². The molecule has 0 unspecified atom stereocenters. The Morgan fingerprint density at radius 3 is 1.95 bits per heavy atom. The number of ketones is 2. The van der Waals surface area contributed by atoms with E-state index in [0.29, 0.717) is 172 Å². The predicted molar refractivity (Wildman–Crippen MR) is 332 cm³/mol. The number of Topliss-reactive ketones (excluding diaryl/α,β-unsaturated/α-hetero) is 2. The molecule has 0 spiro atoms. The second kappa shape index (κ2) is 31.7. The minimum Gasteiger partial charge on any atom is -0.496 e. The van der Waals surface area contributed by atoms with Crippen LogP contribution >= 0.6 is 22.9 Å². The van der Waals surface area contributed by atoms with Crippen LogP contribution in [0, 0.1) is 27.7 Å². The fraction of sp³-hybridized carbons (Fsp3) is 0.453. The van der Waals surface area contributed by atoms with Gasteiger partial charge in [0.15, 0.2) is 17.4 Å². The highest BCUT2D eigenvalue weighted by atomic mass is 35.5. The molecule has 88 heavy (non-hydrogen) atoms. The SMILES string of the molecule is COC(=O)C[C@@H]1N=C(c2ccc(Cl)cc2)c2c(sc(C(=O)CCCOCCOCCOCCOCCOCCOCCOCCCC(=O)Cn3c(=O)n([C@H](C)c4ccccn4)c4c5cc(OC)c(-c6c(C)coc6C)cc5ncc43)c2C)-n2c(C)nnc21. The molecule has 9 rings (SSSR count). The molecule has 0 N–H and O–H groups in total. The van der Waals surface area contributed by atoms with E-state index in [0.717, 1.165) is 44.1 Å². The summed E-state index contributed by atoms with van der Waals surface area (Å²) in [5.74, 6) is 1.94. The summed E-state index contributed by atoms with van der Waals surface area (Å²) in [4.78, 5) is 69.1. The first-order valence-corrected chi connectivity index (χ1v) is 30.6. The molecule has 7 heterocycles. The maximum absolute atomic E-state index is 14.4. The minimum atomic E-state index is -0.656. The van der Waals surface area contributed by atoms with Gasteiger partial charge in [0, 0.05) is 64.9 Å². The molecule has 0 bridgehead atoms. The van der Waals surface area contributed by atoms with E-state index in [4.69, 9.17) is 68.6 Å². The molecule has 8 aromatic rings. The van der Waals surface area contributed by atoms with Crippen LogP contribution in [0.15, 0.2) is 87.5 Å². The van der Waals surface area contributed by atoms with Crippen molar-refractivity contribution in [2.24, 2.45) is 4.99 Å². The molecule has 6 aromatic heterocycles. The van der Waals surface area contributed by atoms with Crippen molar-refractivity contribution < 1.29 is 61.4 Å². The summed E-state index contributed by atoms with van der Waals surface area (Å²) in [6.07, 6.45) is 6.59. The number of halogens is 1. The van der Waals surface area contributed by atoms with E-state index in [1.807, 2.05) is 81.7 Å². The van der Waals surface area contributed by atoms with Gasteiger partial charge in [0.05, 0.1) is 158 Å². The molecule has 24 heteroatoms. The molecule has 1 aliphatic heterocycles. The summed E-state index contributed by atoms with van der Waals surface area (Å²) in [5.41, 5.74) is 7.94. The van der Waals surface area contributed by atoms with Crippen molar-refractivity contribution in [2.75, 3.05) is 107 Å². The van der Waals surface area contributed by atoms with Gasteiger partial charge in [-0.3, -0.25) is 43.0 Å². The average Bonchev–Trinajstić information content (AvgIpc) is 1.62. The number of fused-ring (bicyclic) bond motifs is 6. The Morgan fingerprint density at radius 2 is 1.38 bits per heavy atom. The highest BCUT2D eigenvalue weighted by Gasteiger charge is 2.34. The van der Waals surface area contributed by atoms with E-state index in [-0.39, 0.29) is 36.6 Å². The van der Waals surface area contributed by atoms with Crippen LogP contribution in [0.1, 0.15) is 106 Å². The molecule has 468 valence electrons. The zero-order valence-corrected chi connectivity index (χ0v) is 52.4. The van der Waals surface area contributed by atoms with Crippen LogP contribution in [-0.4, -0.2) is 164 Å². The number of aliphatic imine (C=N–C) groups is 1. The quantitative estimate of drug-likeness (QED) is 0.0201. The molecule has 0 saturated heterocycles. The Kier molecular flexibility index (Phi) is 23.5. The number of thiophene rings is 1. The van der Waals surface area contributed by atoms with Gasteiger partial charge in [0.2, 0.25) is 0 Å². The number of benzene rings is 2. The lowest BCUT2D eigenvalue weighted by Crippen LogP contribution is -2.29. The number of aryl methyl sites for hydroxylation is 3. The first-order valence-electron chi connectivity index (χ1n) is 29.4. The van der Waals surface area contributed by atoms with Gasteiger partial charge in [-0.2, -0.15) is 0 Å². The lowest BCUT2D eigenvalue weighted by atomic mass is 9.98. The normalized spacial score (nSPS) is 13.4. The van der Waals surface area contributed by atoms with E-state index in [9.17, 15) is 19.2 Å². The number of nitrogens with zero attached hydrogens (tertiary/aromatic N) is 8. The van der Waals surface area contributed by atoms with E-state index in [2.05, 4.69) is 15.2 Å². The number of pyridine rings is 2. The summed E-state index contributed by atoms with van der Waals surface area (Å²) in [7, 11) is 2.95. The minimum absolute atomic E-state index is 0.00464. The summed E-state index contributed by atoms with van der Waals surface area (Å²) >= 11 is 7.61. The molecule has 2 aromatic carbocycles. The number of imidazole rings is 1. The Bertz CT molecular complexity index is 3740. The van der Waals surface area contributed by atoms with Crippen molar-refractivity contribution in [3.63, 3.8) is 0 Å². The second-order valence-electron chi connectivity index (χ2n) is 21.0. The van der Waals surface area contributed by atoms with Gasteiger partial charge >= 0.3 is 11.7 Å². The van der Waals surface area contributed by atoms with Crippen molar-refractivity contribution in [3.05, 3.63) is 139 Å². The maximum Gasteiger partial charge on any atom is 0.330 e. The lowest BCUT2D eigenvalue weighted by molar-refractivity contribution is -0.141. The zero-order valence-electron chi connectivity index (χ0n) is 50.8. The monoisotopic (exact) mass is 1250 g/mol. The first-order chi connectivity index (χ1) is 42.8. The van der Waals surface area contributed by atoms with Crippen LogP contribution in [0.5, 0.6) is 5.75 Å². The lowest BCUT2D eigenvalue weighted by Gasteiger charge is -2.15. The summed E-state index contributed by atoms with van der Waals surface area (Å²) < 4.78 is 61.3. The van der Waals surface area contributed by atoms with Crippen molar-refractivity contribution in [1.29, 1.82) is 0 Å². The molecular formula is C64H75ClN8O14S. The van der Waals surface area contributed by atoms with Gasteiger partial charge in [-0.1, -0.05) is 29.8 Å². The standard InChI is InChI=1S/C64H75ClN8O14S/c1-40-39-87-43(4)57(40)49-34-51-48(35-55(49)78-6)60-53(37-67-51)71(64(77)72(60)42(3)50-13-8-9-19-66-50)38-47(74)12-10-20-80-22-24-82-26-28-84-30-32-86-33-31-85-29-27-83-25-23-81-21-11-14-54(75)61-41(2)58-59(45-15-17-46(65)18-16-45)68-52(36-56(76)79-7)62-70-69-44(5)73(62)63(58)88-61/h8-9,13,15-19,34-35,37,39,42,52H,10-12,14,20-33,36,38H2,1-7H3/t42-,52+/m1/s1. The Hall–Kier alpha value is -7.32. The predicted octanol–water partition coefficient (Wildman–Crippen LogP) is 9.74. The van der Waals surface area contributed by atoms with Crippen molar-refractivity contribution in [1.82, 2.24) is 33.9 Å². The van der Waals surface area contributed by atoms with Crippen LogP contribution in [0.2, 0.25) is 5.02 Å². The number of hydrogen-bond acceptors (Lipinski definition) is 20. The smallest absolute Gasteiger partial charge is 0.330 e. The Labute approximate surface area is 519 Å².